The fourth-order valence-corrected chi connectivity index (χ4v) is 4.85. The van der Waals surface area contributed by atoms with Crippen LogP contribution in [-0.4, -0.2) is 57.5 Å². The molecule has 2 heterocycles. The van der Waals surface area contributed by atoms with Crippen molar-refractivity contribution in [3.05, 3.63) is 44.2 Å². The van der Waals surface area contributed by atoms with Gasteiger partial charge < -0.3 is 19.7 Å². The van der Waals surface area contributed by atoms with Crippen LogP contribution in [0.25, 0.3) is 0 Å². The smallest absolute Gasteiger partial charge is 0.136 e. The first-order valence-electron chi connectivity index (χ1n) is 7.73. The molecule has 26 heavy (non-hydrogen) atoms. The van der Waals surface area contributed by atoms with E-state index in [1.54, 1.807) is 30.1 Å². The van der Waals surface area contributed by atoms with Crippen LogP contribution in [0.2, 0.25) is 10.0 Å². The van der Waals surface area contributed by atoms with Gasteiger partial charge in [0, 0.05) is 18.2 Å². The number of methoxy groups -OCH3 is 1. The zero-order chi connectivity index (χ0) is 18.8. The molecule has 1 saturated heterocycles. The first-order chi connectivity index (χ1) is 12.4. The zero-order valence-corrected chi connectivity index (χ0v) is 18.1. The summed E-state index contributed by atoms with van der Waals surface area (Å²) in [6.07, 6.45) is 1.30. The Balaban J connectivity index is 1.91. The van der Waals surface area contributed by atoms with Crippen molar-refractivity contribution in [3.63, 3.8) is 0 Å². The van der Waals surface area contributed by atoms with Gasteiger partial charge in [0.15, 0.2) is 0 Å². The first-order valence-corrected chi connectivity index (χ1v) is 10.4. The van der Waals surface area contributed by atoms with Gasteiger partial charge in [0.25, 0.3) is 0 Å². The Hall–Kier alpha value is -0.0700. The maximum Gasteiger partial charge on any atom is 0.136 e. The molecule has 0 amide bonds. The number of thioether (sulfide) groups is 1. The highest BCUT2D eigenvalue weighted by Crippen LogP contribution is 2.40. The van der Waals surface area contributed by atoms with E-state index in [0.29, 0.717) is 10.0 Å². The van der Waals surface area contributed by atoms with Crippen molar-refractivity contribution in [1.82, 2.24) is 9.78 Å². The SMILES string of the molecule is COC1[C@@H](Sc2ccc(Cl)c(Cl)c2)OC(CO)[C@H](O)[C@@H]1n1cc(I)cn1. The van der Waals surface area contributed by atoms with Crippen molar-refractivity contribution >= 4 is 57.6 Å². The summed E-state index contributed by atoms with van der Waals surface area (Å²) in [4.78, 5) is 0.841. The molecule has 1 aromatic heterocycles. The lowest BCUT2D eigenvalue weighted by atomic mass is 9.97. The Morgan fingerprint density at radius 2 is 2.15 bits per heavy atom. The summed E-state index contributed by atoms with van der Waals surface area (Å²) < 4.78 is 14.2. The number of aromatic nitrogens is 2. The second kappa shape index (κ2) is 8.95. The van der Waals surface area contributed by atoms with E-state index in [4.69, 9.17) is 32.7 Å². The Morgan fingerprint density at radius 1 is 1.38 bits per heavy atom. The average molecular weight is 531 g/mol. The van der Waals surface area contributed by atoms with E-state index in [0.717, 1.165) is 8.47 Å². The minimum atomic E-state index is -0.966. The molecule has 142 valence electrons. The fraction of sp³-hybridized carbons (Fsp3) is 0.438. The largest absolute Gasteiger partial charge is 0.394 e. The molecule has 0 saturated carbocycles. The highest BCUT2D eigenvalue weighted by Gasteiger charge is 2.47. The lowest BCUT2D eigenvalue weighted by Gasteiger charge is -2.43. The van der Waals surface area contributed by atoms with Gasteiger partial charge >= 0.3 is 0 Å². The highest BCUT2D eigenvalue weighted by molar-refractivity contribution is 14.1. The monoisotopic (exact) mass is 530 g/mol. The van der Waals surface area contributed by atoms with Gasteiger partial charge in [-0.1, -0.05) is 35.0 Å². The van der Waals surface area contributed by atoms with Gasteiger partial charge in [0.1, 0.15) is 29.8 Å². The van der Waals surface area contributed by atoms with Gasteiger partial charge in [0.05, 0.1) is 26.4 Å². The number of hydrogen-bond acceptors (Lipinski definition) is 6. The molecular formula is C16H17Cl2IN2O4S. The van der Waals surface area contributed by atoms with Crippen LogP contribution in [0.4, 0.5) is 0 Å². The molecule has 1 aliphatic rings. The van der Waals surface area contributed by atoms with Crippen molar-refractivity contribution in [2.75, 3.05) is 13.7 Å². The van der Waals surface area contributed by atoms with E-state index in [1.807, 2.05) is 12.3 Å². The van der Waals surface area contributed by atoms with E-state index < -0.39 is 29.8 Å². The van der Waals surface area contributed by atoms with Crippen molar-refractivity contribution < 1.29 is 19.7 Å². The standard InChI is InChI=1S/C16H17Cl2IN2O4S/c1-24-15-13(21-6-8(19)5-20-21)14(23)12(7-22)25-16(15)26-9-2-3-10(17)11(18)4-9/h2-6,12-16,22-23H,7H2,1H3/t12?,13-,14-,15?,16+/m0/s1. The molecule has 10 heteroatoms. The van der Waals surface area contributed by atoms with E-state index in [9.17, 15) is 10.2 Å². The molecule has 5 atom stereocenters. The molecule has 0 aliphatic carbocycles. The van der Waals surface area contributed by atoms with Crippen LogP contribution in [0.3, 0.4) is 0 Å². The van der Waals surface area contributed by atoms with E-state index in [1.165, 1.54) is 11.8 Å². The number of nitrogens with zero attached hydrogens (tertiary/aromatic N) is 2. The van der Waals surface area contributed by atoms with Crippen LogP contribution < -0.4 is 0 Å². The minimum Gasteiger partial charge on any atom is -0.394 e. The predicted octanol–water partition coefficient (Wildman–Crippen LogP) is 3.22. The Bertz CT molecular complexity index is 766. The van der Waals surface area contributed by atoms with Gasteiger partial charge in [-0.15, -0.1) is 0 Å². The van der Waals surface area contributed by atoms with E-state index >= 15 is 0 Å². The number of benzene rings is 1. The number of rotatable bonds is 5. The number of halogens is 3. The van der Waals surface area contributed by atoms with Crippen molar-refractivity contribution in [1.29, 1.82) is 0 Å². The third kappa shape index (κ3) is 4.33. The minimum absolute atomic E-state index is 0.315. The summed E-state index contributed by atoms with van der Waals surface area (Å²) >= 11 is 15.6. The predicted molar refractivity (Wildman–Crippen MR) is 109 cm³/mol. The number of ether oxygens (including phenoxy) is 2. The van der Waals surface area contributed by atoms with E-state index in [-0.39, 0.29) is 6.61 Å². The second-order valence-electron chi connectivity index (χ2n) is 5.74. The Labute approximate surface area is 178 Å². The van der Waals surface area contributed by atoms with Gasteiger partial charge in [-0.2, -0.15) is 5.10 Å². The number of hydrogen-bond donors (Lipinski definition) is 2. The number of aliphatic hydroxyl groups is 2. The van der Waals surface area contributed by atoms with Gasteiger partial charge in [-0.05, 0) is 40.8 Å². The fourth-order valence-electron chi connectivity index (χ4n) is 2.87. The van der Waals surface area contributed by atoms with Crippen molar-refractivity contribution in [2.45, 2.75) is 34.7 Å². The summed E-state index contributed by atoms with van der Waals surface area (Å²) in [5.74, 6) is 0. The molecule has 2 aromatic rings. The van der Waals surface area contributed by atoms with Crippen molar-refractivity contribution in [2.24, 2.45) is 0 Å². The first kappa shape index (κ1) is 20.7. The topological polar surface area (TPSA) is 76.7 Å². The summed E-state index contributed by atoms with van der Waals surface area (Å²) in [5.41, 5.74) is -0.482. The molecule has 6 nitrogen and oxygen atoms in total. The Kier molecular flexibility index (Phi) is 7.11. The maximum absolute atomic E-state index is 10.7. The van der Waals surface area contributed by atoms with Gasteiger partial charge in [-0.3, -0.25) is 4.68 Å². The normalized spacial score (nSPS) is 29.1. The maximum atomic E-state index is 10.7. The van der Waals surface area contributed by atoms with Crippen molar-refractivity contribution in [3.8, 4) is 0 Å². The molecule has 0 radical (unpaired) electrons. The molecule has 0 bridgehead atoms. The van der Waals surface area contributed by atoms with Gasteiger partial charge in [0.2, 0.25) is 0 Å². The quantitative estimate of drug-likeness (QED) is 0.578. The lowest BCUT2D eigenvalue weighted by Crippen LogP contribution is -2.55. The second-order valence-corrected chi connectivity index (χ2v) is 8.97. The molecule has 2 unspecified atom stereocenters. The van der Waals surface area contributed by atoms with E-state index in [2.05, 4.69) is 27.7 Å². The average Bonchev–Trinajstić information content (AvgIpc) is 3.04. The van der Waals surface area contributed by atoms with Gasteiger partial charge in [-0.25, -0.2) is 0 Å². The molecule has 1 aliphatic heterocycles. The summed E-state index contributed by atoms with van der Waals surface area (Å²) in [6, 6.07) is 4.78. The summed E-state index contributed by atoms with van der Waals surface area (Å²) in [6.45, 7) is -0.315. The van der Waals surface area contributed by atoms with Crippen LogP contribution in [0.1, 0.15) is 6.04 Å². The van der Waals surface area contributed by atoms with Crippen LogP contribution in [0.15, 0.2) is 35.5 Å². The molecule has 3 rings (SSSR count). The molecule has 0 spiro atoms. The third-order valence-electron chi connectivity index (χ3n) is 4.12. The van der Waals surface area contributed by atoms with Crippen LogP contribution in [0.5, 0.6) is 0 Å². The highest BCUT2D eigenvalue weighted by atomic mass is 127. The van der Waals surface area contributed by atoms with Crippen LogP contribution in [0, 0.1) is 3.57 Å². The third-order valence-corrected chi connectivity index (χ3v) is 6.55. The van der Waals surface area contributed by atoms with Crippen LogP contribution in [-0.2, 0) is 9.47 Å². The Morgan fingerprint density at radius 3 is 2.73 bits per heavy atom. The molecule has 2 N–H and O–H groups in total. The lowest BCUT2D eigenvalue weighted by molar-refractivity contribution is -0.186. The number of aliphatic hydroxyl groups excluding tert-OH is 2. The molecule has 1 aromatic carbocycles. The zero-order valence-electron chi connectivity index (χ0n) is 13.6. The molecule has 1 fully saturated rings. The summed E-state index contributed by atoms with van der Waals surface area (Å²) in [5, 5.41) is 25.6. The molecular weight excluding hydrogens is 514 g/mol. The van der Waals surface area contributed by atoms with Crippen LogP contribution >= 0.6 is 57.6 Å². The summed E-state index contributed by atoms with van der Waals surface area (Å²) in [7, 11) is 1.56.